The lowest BCUT2D eigenvalue weighted by Gasteiger charge is -2.33. The predicted octanol–water partition coefficient (Wildman–Crippen LogP) is 1.87. The van der Waals surface area contributed by atoms with Crippen LogP contribution >= 0.6 is 0 Å². The third kappa shape index (κ3) is 3.58. The minimum absolute atomic E-state index is 0.101. The van der Waals surface area contributed by atoms with E-state index in [0.29, 0.717) is 18.4 Å². The van der Waals surface area contributed by atoms with Gasteiger partial charge in [0.1, 0.15) is 18.0 Å². The van der Waals surface area contributed by atoms with Gasteiger partial charge in [-0.2, -0.15) is 0 Å². The molecule has 6 heteroatoms. The molecule has 0 amide bonds. The SMILES string of the molecule is CCC(CC)N(CCO)c1ncnc(NN)c1C(C)C. The highest BCUT2D eigenvalue weighted by molar-refractivity contribution is 5.60. The smallest absolute Gasteiger partial charge is 0.148 e. The summed E-state index contributed by atoms with van der Waals surface area (Å²) in [6.07, 6.45) is 3.52. The van der Waals surface area contributed by atoms with Crippen molar-refractivity contribution in [3.05, 3.63) is 11.9 Å². The van der Waals surface area contributed by atoms with E-state index in [2.05, 4.69) is 48.0 Å². The van der Waals surface area contributed by atoms with E-state index in [1.54, 1.807) is 0 Å². The van der Waals surface area contributed by atoms with Crippen molar-refractivity contribution in [3.63, 3.8) is 0 Å². The maximum atomic E-state index is 9.37. The number of anilines is 2. The van der Waals surface area contributed by atoms with Crippen LogP contribution in [0.4, 0.5) is 11.6 Å². The summed E-state index contributed by atoms with van der Waals surface area (Å²) in [5.74, 6) is 7.33. The van der Waals surface area contributed by atoms with E-state index in [1.807, 2.05) is 0 Å². The van der Waals surface area contributed by atoms with Gasteiger partial charge in [-0.3, -0.25) is 0 Å². The highest BCUT2D eigenvalue weighted by Crippen LogP contribution is 2.32. The zero-order valence-corrected chi connectivity index (χ0v) is 12.9. The molecule has 20 heavy (non-hydrogen) atoms. The van der Waals surface area contributed by atoms with Crippen LogP contribution in [-0.2, 0) is 0 Å². The van der Waals surface area contributed by atoms with Gasteiger partial charge in [-0.25, -0.2) is 15.8 Å². The number of hydrogen-bond donors (Lipinski definition) is 3. The van der Waals surface area contributed by atoms with Crippen LogP contribution in [0.3, 0.4) is 0 Å². The first-order chi connectivity index (χ1) is 9.60. The molecule has 1 aromatic rings. The molecule has 1 aromatic heterocycles. The van der Waals surface area contributed by atoms with Crippen LogP contribution < -0.4 is 16.2 Å². The van der Waals surface area contributed by atoms with Gasteiger partial charge in [0.15, 0.2) is 0 Å². The van der Waals surface area contributed by atoms with Gasteiger partial charge < -0.3 is 15.4 Å². The first-order valence-electron chi connectivity index (χ1n) is 7.29. The monoisotopic (exact) mass is 281 g/mol. The minimum Gasteiger partial charge on any atom is -0.395 e. The Balaban J connectivity index is 3.31. The van der Waals surface area contributed by atoms with Crippen molar-refractivity contribution in [2.24, 2.45) is 5.84 Å². The molecule has 0 spiro atoms. The highest BCUT2D eigenvalue weighted by atomic mass is 16.3. The average molecular weight is 281 g/mol. The van der Waals surface area contributed by atoms with Gasteiger partial charge in [0.05, 0.1) is 6.61 Å². The van der Waals surface area contributed by atoms with Gasteiger partial charge >= 0.3 is 0 Å². The Morgan fingerprint density at radius 2 is 1.95 bits per heavy atom. The maximum absolute atomic E-state index is 9.37. The molecule has 6 nitrogen and oxygen atoms in total. The summed E-state index contributed by atoms with van der Waals surface area (Å²) in [4.78, 5) is 10.8. The predicted molar refractivity (Wildman–Crippen MR) is 82.7 cm³/mol. The largest absolute Gasteiger partial charge is 0.395 e. The summed E-state index contributed by atoms with van der Waals surface area (Å²) in [5.41, 5.74) is 3.64. The van der Waals surface area contributed by atoms with Crippen LogP contribution in [0.15, 0.2) is 6.33 Å². The van der Waals surface area contributed by atoms with Crippen molar-refractivity contribution in [2.45, 2.75) is 52.5 Å². The molecule has 0 fully saturated rings. The number of aliphatic hydroxyl groups is 1. The Labute approximate surface area is 121 Å². The lowest BCUT2D eigenvalue weighted by atomic mass is 10.0. The fourth-order valence-corrected chi connectivity index (χ4v) is 2.56. The third-order valence-corrected chi connectivity index (χ3v) is 3.57. The number of nitrogens with two attached hydrogens (primary N) is 1. The second-order valence-electron chi connectivity index (χ2n) is 5.15. The normalized spacial score (nSPS) is 11.2. The van der Waals surface area contributed by atoms with Crippen molar-refractivity contribution < 1.29 is 5.11 Å². The number of aromatic nitrogens is 2. The molecule has 0 aliphatic carbocycles. The van der Waals surface area contributed by atoms with Crippen molar-refractivity contribution in [1.82, 2.24) is 9.97 Å². The summed E-state index contributed by atoms with van der Waals surface area (Å²) in [5, 5.41) is 9.37. The minimum atomic E-state index is 0.101. The summed E-state index contributed by atoms with van der Waals surface area (Å²) >= 11 is 0. The fourth-order valence-electron chi connectivity index (χ4n) is 2.56. The zero-order valence-electron chi connectivity index (χ0n) is 12.9. The standard InChI is InChI=1S/C14H27N5O/c1-5-11(6-2)19(7-8-20)14-12(10(3)4)13(18-15)16-9-17-14/h9-11,20H,5-8,15H2,1-4H3,(H,16,17,18). The molecule has 0 aliphatic rings. The second kappa shape index (κ2) is 8.01. The highest BCUT2D eigenvalue weighted by Gasteiger charge is 2.23. The Morgan fingerprint density at radius 1 is 1.30 bits per heavy atom. The molecule has 0 aromatic carbocycles. The maximum Gasteiger partial charge on any atom is 0.148 e. The van der Waals surface area contributed by atoms with Crippen molar-refractivity contribution in [3.8, 4) is 0 Å². The molecule has 0 radical (unpaired) electrons. The summed E-state index contributed by atoms with van der Waals surface area (Å²) in [7, 11) is 0. The molecule has 1 heterocycles. The van der Waals surface area contributed by atoms with Gasteiger partial charge in [0.25, 0.3) is 0 Å². The Hall–Kier alpha value is -1.40. The molecule has 0 unspecified atom stereocenters. The van der Waals surface area contributed by atoms with Gasteiger partial charge in [-0.1, -0.05) is 27.7 Å². The number of nitrogens with one attached hydrogen (secondary N) is 1. The molecular formula is C14H27N5O. The fraction of sp³-hybridized carbons (Fsp3) is 0.714. The van der Waals surface area contributed by atoms with Crippen molar-refractivity contribution >= 4 is 11.6 Å². The molecule has 0 saturated carbocycles. The van der Waals surface area contributed by atoms with E-state index < -0.39 is 0 Å². The molecule has 0 aliphatic heterocycles. The van der Waals surface area contributed by atoms with Crippen LogP contribution in [0.1, 0.15) is 52.0 Å². The number of rotatable bonds is 8. The van der Waals surface area contributed by atoms with E-state index in [-0.39, 0.29) is 12.5 Å². The van der Waals surface area contributed by atoms with E-state index >= 15 is 0 Å². The van der Waals surface area contributed by atoms with Gasteiger partial charge in [-0.15, -0.1) is 0 Å². The van der Waals surface area contributed by atoms with Gasteiger partial charge in [0.2, 0.25) is 0 Å². The van der Waals surface area contributed by atoms with Crippen molar-refractivity contribution in [1.29, 1.82) is 0 Å². The average Bonchev–Trinajstić information content (AvgIpc) is 2.46. The lowest BCUT2D eigenvalue weighted by molar-refractivity contribution is 0.295. The van der Waals surface area contributed by atoms with E-state index in [9.17, 15) is 5.11 Å². The van der Waals surface area contributed by atoms with Crippen LogP contribution in [0.5, 0.6) is 0 Å². The van der Waals surface area contributed by atoms with E-state index in [0.717, 1.165) is 24.2 Å². The van der Waals surface area contributed by atoms with Gasteiger partial charge in [0, 0.05) is 18.2 Å². The summed E-state index contributed by atoms with van der Waals surface area (Å²) in [6, 6.07) is 0.347. The van der Waals surface area contributed by atoms with Gasteiger partial charge in [-0.05, 0) is 18.8 Å². The second-order valence-corrected chi connectivity index (χ2v) is 5.15. The number of nitrogen functional groups attached to an aromatic ring is 1. The number of aliphatic hydroxyl groups excluding tert-OH is 1. The summed E-state index contributed by atoms with van der Waals surface area (Å²) in [6.45, 7) is 9.14. The molecular weight excluding hydrogens is 254 g/mol. The third-order valence-electron chi connectivity index (χ3n) is 3.57. The van der Waals surface area contributed by atoms with Crippen LogP contribution in [0.2, 0.25) is 0 Å². The quantitative estimate of drug-likeness (QED) is 0.498. The molecule has 114 valence electrons. The first-order valence-corrected chi connectivity index (χ1v) is 7.29. The van der Waals surface area contributed by atoms with Crippen LogP contribution in [0, 0.1) is 0 Å². The van der Waals surface area contributed by atoms with E-state index in [4.69, 9.17) is 5.84 Å². The Morgan fingerprint density at radius 3 is 2.40 bits per heavy atom. The molecule has 0 bridgehead atoms. The number of hydrazine groups is 1. The van der Waals surface area contributed by atoms with Crippen molar-refractivity contribution in [2.75, 3.05) is 23.5 Å². The molecule has 0 saturated heterocycles. The molecule has 4 N–H and O–H groups in total. The van der Waals surface area contributed by atoms with E-state index in [1.165, 1.54) is 6.33 Å². The number of nitrogens with zero attached hydrogens (tertiary/aromatic N) is 3. The Bertz CT molecular complexity index is 407. The molecule has 1 rings (SSSR count). The van der Waals surface area contributed by atoms with Crippen LogP contribution in [-0.4, -0.2) is 34.3 Å². The topological polar surface area (TPSA) is 87.3 Å². The molecule has 0 atom stereocenters. The summed E-state index contributed by atoms with van der Waals surface area (Å²) < 4.78 is 0. The number of hydrogen-bond acceptors (Lipinski definition) is 6. The van der Waals surface area contributed by atoms with Crippen LogP contribution in [0.25, 0.3) is 0 Å². The lowest BCUT2D eigenvalue weighted by Crippen LogP contribution is -2.38. The first kappa shape index (κ1) is 16.7. The Kier molecular flexibility index (Phi) is 6.67. The zero-order chi connectivity index (χ0) is 15.1.